The predicted octanol–water partition coefficient (Wildman–Crippen LogP) is 7.50. The molecular formula is C28H25F2O7PS. The summed E-state index contributed by atoms with van der Waals surface area (Å²) in [4.78, 5) is 24.3. The number of para-hydroxylation sites is 1. The highest BCUT2D eigenvalue weighted by Gasteiger charge is 2.58. The highest BCUT2D eigenvalue weighted by Crippen LogP contribution is 2.67. The van der Waals surface area contributed by atoms with Crippen LogP contribution in [0, 0.1) is 0 Å². The van der Waals surface area contributed by atoms with Gasteiger partial charge in [-0.15, -0.1) is 11.3 Å². The molecule has 7 nitrogen and oxygen atoms in total. The number of alkyl halides is 2. The average Bonchev–Trinajstić information content (AvgIpc) is 3.33. The maximum atomic E-state index is 16.2. The van der Waals surface area contributed by atoms with E-state index in [2.05, 4.69) is 0 Å². The summed E-state index contributed by atoms with van der Waals surface area (Å²) in [6, 6.07) is 20.5. The van der Waals surface area contributed by atoms with Crippen LogP contribution in [0.25, 0.3) is 10.1 Å². The third-order valence-electron chi connectivity index (χ3n) is 5.53. The molecule has 4 rings (SSSR count). The van der Waals surface area contributed by atoms with Gasteiger partial charge in [0.15, 0.2) is 6.10 Å². The van der Waals surface area contributed by atoms with E-state index in [1.165, 1.54) is 36.4 Å². The van der Waals surface area contributed by atoms with Crippen LogP contribution in [0.5, 0.6) is 5.75 Å². The number of aromatic carboxylic acids is 1. The highest BCUT2D eigenvalue weighted by molar-refractivity contribution is 7.55. The molecule has 1 aromatic heterocycles. The molecule has 0 aliphatic carbocycles. The van der Waals surface area contributed by atoms with Crippen LogP contribution in [0.1, 0.15) is 34.6 Å². The van der Waals surface area contributed by atoms with E-state index in [1.807, 2.05) is 0 Å². The molecule has 204 valence electrons. The van der Waals surface area contributed by atoms with Crippen molar-refractivity contribution >= 4 is 41.0 Å². The summed E-state index contributed by atoms with van der Waals surface area (Å²) in [6.45, 7) is 3.18. The number of ether oxygens (including phenoxy) is 1. The summed E-state index contributed by atoms with van der Waals surface area (Å²) in [5.74, 6) is -2.32. The van der Waals surface area contributed by atoms with Gasteiger partial charge in [0.05, 0.1) is 6.10 Å². The zero-order chi connectivity index (χ0) is 28.2. The molecule has 0 bridgehead atoms. The SMILES string of the molecule is CC(C)OC(=O)[C@H](Cc1ccccc1)OP(=O)(Oc1ccccc1)C(F)(F)c1ccc2sc(C(=O)O)cc2c1. The van der Waals surface area contributed by atoms with Gasteiger partial charge in [-0.1, -0.05) is 54.6 Å². The second kappa shape index (κ2) is 11.7. The van der Waals surface area contributed by atoms with Gasteiger partial charge in [-0.05, 0) is 55.1 Å². The predicted molar refractivity (Wildman–Crippen MR) is 144 cm³/mol. The van der Waals surface area contributed by atoms with E-state index >= 15 is 8.78 Å². The number of thiophene rings is 1. The van der Waals surface area contributed by atoms with E-state index in [1.54, 1.807) is 50.2 Å². The molecule has 0 aliphatic rings. The second-order valence-corrected chi connectivity index (χ2v) is 11.9. The molecule has 0 radical (unpaired) electrons. The van der Waals surface area contributed by atoms with Crippen LogP contribution >= 0.6 is 18.9 Å². The Bertz CT molecular complexity index is 1510. The van der Waals surface area contributed by atoms with Gasteiger partial charge in [0.25, 0.3) is 0 Å². The van der Waals surface area contributed by atoms with Gasteiger partial charge in [-0.25, -0.2) is 14.2 Å². The van der Waals surface area contributed by atoms with Crippen molar-refractivity contribution in [3.8, 4) is 5.75 Å². The number of hydrogen-bond donors (Lipinski definition) is 1. The number of halogens is 2. The van der Waals surface area contributed by atoms with Crippen molar-refractivity contribution in [1.29, 1.82) is 0 Å². The minimum Gasteiger partial charge on any atom is -0.477 e. The van der Waals surface area contributed by atoms with Crippen LogP contribution < -0.4 is 4.52 Å². The third kappa shape index (κ3) is 6.53. The van der Waals surface area contributed by atoms with Crippen molar-refractivity contribution in [2.24, 2.45) is 0 Å². The van der Waals surface area contributed by atoms with Gasteiger partial charge in [-0.3, -0.25) is 4.52 Å². The molecule has 1 unspecified atom stereocenters. The number of rotatable bonds is 11. The number of carbonyl (C=O) groups is 2. The van der Waals surface area contributed by atoms with Crippen molar-refractivity contribution in [3.05, 3.63) is 101 Å². The van der Waals surface area contributed by atoms with E-state index in [9.17, 15) is 19.3 Å². The lowest BCUT2D eigenvalue weighted by Gasteiger charge is -2.30. The topological polar surface area (TPSA) is 99.1 Å². The van der Waals surface area contributed by atoms with Crippen LogP contribution in [0.2, 0.25) is 0 Å². The molecule has 11 heteroatoms. The van der Waals surface area contributed by atoms with E-state index in [0.29, 0.717) is 10.3 Å². The van der Waals surface area contributed by atoms with Gasteiger partial charge < -0.3 is 14.4 Å². The summed E-state index contributed by atoms with van der Waals surface area (Å²) in [6.07, 6.45) is -2.46. The number of esters is 1. The molecule has 0 spiro atoms. The molecule has 2 atom stereocenters. The lowest BCUT2D eigenvalue weighted by molar-refractivity contribution is -0.156. The molecular weight excluding hydrogens is 549 g/mol. The molecule has 1 N–H and O–H groups in total. The molecule has 0 saturated carbocycles. The number of carboxylic acids is 1. The fourth-order valence-corrected chi connectivity index (χ4v) is 6.25. The van der Waals surface area contributed by atoms with Gasteiger partial charge in [0, 0.05) is 16.7 Å². The Morgan fingerprint density at radius 1 is 0.974 bits per heavy atom. The molecule has 0 fully saturated rings. The lowest BCUT2D eigenvalue weighted by Crippen LogP contribution is -2.33. The lowest BCUT2D eigenvalue weighted by atomic mass is 10.1. The zero-order valence-electron chi connectivity index (χ0n) is 21.0. The maximum absolute atomic E-state index is 16.2. The number of carbonyl (C=O) groups excluding carboxylic acids is 1. The first kappa shape index (κ1) is 28.4. The van der Waals surface area contributed by atoms with Crippen LogP contribution in [-0.2, 0) is 30.7 Å². The van der Waals surface area contributed by atoms with E-state index in [0.717, 1.165) is 23.5 Å². The van der Waals surface area contributed by atoms with Gasteiger partial charge in [0.2, 0.25) is 0 Å². The van der Waals surface area contributed by atoms with Crippen molar-refractivity contribution < 1.29 is 41.8 Å². The monoisotopic (exact) mass is 574 g/mol. The molecule has 1 heterocycles. The first-order valence-corrected chi connectivity index (χ1v) is 14.3. The molecule has 0 amide bonds. The zero-order valence-corrected chi connectivity index (χ0v) is 22.7. The molecule has 4 aromatic rings. The van der Waals surface area contributed by atoms with Crippen LogP contribution in [0.15, 0.2) is 84.9 Å². The minimum atomic E-state index is -5.49. The highest BCUT2D eigenvalue weighted by atomic mass is 32.1. The number of hydrogen-bond acceptors (Lipinski definition) is 7. The van der Waals surface area contributed by atoms with E-state index < -0.39 is 43.0 Å². The summed E-state index contributed by atoms with van der Waals surface area (Å²) < 4.78 is 63.2. The fourth-order valence-electron chi connectivity index (χ4n) is 3.73. The van der Waals surface area contributed by atoms with Crippen LogP contribution in [0.4, 0.5) is 8.78 Å². The van der Waals surface area contributed by atoms with Crippen molar-refractivity contribution in [2.45, 2.75) is 38.1 Å². The normalized spacial score (nSPS) is 14.1. The fraction of sp³-hybridized carbons (Fsp3) is 0.214. The van der Waals surface area contributed by atoms with Gasteiger partial charge in [0.1, 0.15) is 10.6 Å². The Balaban J connectivity index is 1.78. The Labute approximate surface area is 227 Å². The van der Waals surface area contributed by atoms with Crippen molar-refractivity contribution in [3.63, 3.8) is 0 Å². The number of carboxylic acid groups (broad SMARTS) is 1. The first-order chi connectivity index (χ1) is 18.5. The summed E-state index contributed by atoms with van der Waals surface area (Å²) in [7, 11) is -5.49. The second-order valence-electron chi connectivity index (χ2n) is 8.88. The molecule has 0 aliphatic heterocycles. The van der Waals surface area contributed by atoms with Crippen molar-refractivity contribution in [1.82, 2.24) is 0 Å². The average molecular weight is 575 g/mol. The smallest absolute Gasteiger partial charge is 0.454 e. The Morgan fingerprint density at radius 3 is 2.23 bits per heavy atom. The van der Waals surface area contributed by atoms with Crippen LogP contribution in [0.3, 0.4) is 0 Å². The summed E-state index contributed by atoms with van der Waals surface area (Å²) in [5.41, 5.74) is -4.39. The maximum Gasteiger partial charge on any atom is 0.454 e. The molecule has 3 aromatic carbocycles. The Hall–Kier alpha value is -3.59. The Kier molecular flexibility index (Phi) is 8.49. The quantitative estimate of drug-likeness (QED) is 0.146. The van der Waals surface area contributed by atoms with Gasteiger partial charge >= 0.3 is 25.2 Å². The largest absolute Gasteiger partial charge is 0.477 e. The molecule has 39 heavy (non-hydrogen) atoms. The first-order valence-electron chi connectivity index (χ1n) is 11.9. The minimum absolute atomic E-state index is 0.0372. The number of fused-ring (bicyclic) bond motifs is 1. The van der Waals surface area contributed by atoms with Crippen LogP contribution in [-0.4, -0.2) is 29.3 Å². The van der Waals surface area contributed by atoms with Gasteiger partial charge in [-0.2, -0.15) is 8.78 Å². The summed E-state index contributed by atoms with van der Waals surface area (Å²) >= 11 is 0.919. The standard InChI is InChI=1S/C28H25F2O7PS/c1-18(2)35-27(33)23(15-19-9-5-3-6-10-19)37-38(34,36-22-11-7-4-8-12-22)28(29,30)21-13-14-24-20(16-21)17-25(39-24)26(31)32/h3-14,16-18,23H,15H2,1-2H3,(H,31,32)/t23-,38?/m0/s1. The molecule has 0 saturated heterocycles. The van der Waals surface area contributed by atoms with Crippen molar-refractivity contribution in [2.75, 3.05) is 0 Å². The number of benzene rings is 3. The Morgan fingerprint density at radius 2 is 1.62 bits per heavy atom. The van der Waals surface area contributed by atoms with E-state index in [4.69, 9.17) is 13.8 Å². The summed E-state index contributed by atoms with van der Waals surface area (Å²) in [5, 5.41) is 9.50. The third-order valence-corrected chi connectivity index (χ3v) is 8.57. The van der Waals surface area contributed by atoms with E-state index in [-0.39, 0.29) is 22.4 Å².